The summed E-state index contributed by atoms with van der Waals surface area (Å²) in [5, 5.41) is 10.5. The first-order valence-electron chi connectivity index (χ1n) is 20.1. The normalized spacial score (nSPS) is 11.8. The Labute approximate surface area is 376 Å². The van der Waals surface area contributed by atoms with Crippen LogP contribution in [0, 0.1) is 5.82 Å². The molecule has 0 spiro atoms. The molecule has 3 aromatic carbocycles. The van der Waals surface area contributed by atoms with E-state index in [0.29, 0.717) is 60.7 Å². The van der Waals surface area contributed by atoms with Gasteiger partial charge in [-0.25, -0.2) is 23.3 Å². The van der Waals surface area contributed by atoms with Crippen molar-refractivity contribution < 1.29 is 41.5 Å². The van der Waals surface area contributed by atoms with Crippen LogP contribution in [0.25, 0.3) is 21.9 Å². The van der Waals surface area contributed by atoms with Crippen LogP contribution in [-0.2, 0) is 27.2 Å². The number of nitrogen functional groups attached to an aromatic ring is 1. The minimum Gasteiger partial charge on any atom is -0.520 e. The summed E-state index contributed by atoms with van der Waals surface area (Å²) in [6.45, 7) is 7.56. The molecule has 0 unspecified atom stereocenters. The number of carbonyl (C=O) groups is 3. The van der Waals surface area contributed by atoms with E-state index in [0.717, 1.165) is 24.0 Å². The van der Waals surface area contributed by atoms with Gasteiger partial charge in [0.15, 0.2) is 12.0 Å². The molecule has 0 atom stereocenters. The third kappa shape index (κ3) is 17.1. The Morgan fingerprint density at radius 3 is 2.31 bits per heavy atom. The first-order valence-corrected chi connectivity index (χ1v) is 20.1. The number of nitrogens with one attached hydrogen (secondary N) is 2. The van der Waals surface area contributed by atoms with Gasteiger partial charge in [-0.1, -0.05) is 62.4 Å². The number of fused-ring (bicyclic) bond motifs is 1. The molecular formula is C45H55F4FmN8O6S-. The molecule has 0 saturated carbocycles. The van der Waals surface area contributed by atoms with Crippen LogP contribution < -0.4 is 16.6 Å². The number of anilines is 1. The molecule has 358 valence electrons. The van der Waals surface area contributed by atoms with E-state index >= 15 is 0 Å². The number of ether oxygens (including phenoxy) is 1. The van der Waals surface area contributed by atoms with Crippen LogP contribution in [0.2, 0.25) is 0 Å². The average molecular weight is 1170 g/mol. The number of aromatic nitrogens is 3. The number of likely N-dealkylation sites (N-methyl/N-ethyl adjacent to an activating group) is 1. The van der Waals surface area contributed by atoms with Crippen LogP contribution >= 0.6 is 13.5 Å². The second kappa shape index (κ2) is 29.2. The zero-order chi connectivity index (χ0) is 46.3. The molecule has 65 heavy (non-hydrogen) atoms. The molecule has 3 heterocycles. The molecule has 6 rings (SSSR count). The number of alkyl halides is 3. The maximum atomic E-state index is 13.3. The van der Waals surface area contributed by atoms with Crippen LogP contribution in [0.15, 0.2) is 83.8 Å². The Kier molecular flexibility index (Phi) is 25.1. The Morgan fingerprint density at radius 1 is 0.969 bits per heavy atom. The van der Waals surface area contributed by atoms with Gasteiger partial charge >= 0.3 is 0 Å². The molecular weight excluding hydrogens is 1110 g/mol. The maximum absolute atomic E-state index is 13.3. The number of benzene rings is 3. The van der Waals surface area contributed by atoms with Crippen molar-refractivity contribution in [3.63, 3.8) is 0 Å². The number of hydrogen-bond donors (Lipinski definition) is 3. The fraction of sp³-hybridized carbons (Fsp3) is 0.356. The smallest absolute Gasteiger partial charge is 0.272 e. The summed E-state index contributed by atoms with van der Waals surface area (Å²) in [6, 6.07) is 19.8. The van der Waals surface area contributed by atoms with Gasteiger partial charge in [-0.05, 0) is 48.0 Å². The van der Waals surface area contributed by atoms with E-state index < -0.39 is 18.1 Å². The summed E-state index contributed by atoms with van der Waals surface area (Å²) >= 11 is 0. The second-order valence-electron chi connectivity index (χ2n) is 13.7. The molecule has 1 fully saturated rings. The number of hydrogen-bond acceptors (Lipinski definition) is 10. The van der Waals surface area contributed by atoms with Crippen molar-refractivity contribution >= 4 is 54.5 Å². The van der Waals surface area contributed by atoms with Gasteiger partial charge in [-0.15, -0.1) is 0 Å². The Balaban J connectivity index is 0.000000662. The van der Waals surface area contributed by atoms with Crippen molar-refractivity contribution in [1.29, 1.82) is 0 Å². The zero-order valence-electron chi connectivity index (χ0n) is 36.5. The van der Waals surface area contributed by atoms with Crippen molar-refractivity contribution in [1.82, 2.24) is 35.2 Å². The fourth-order valence-corrected chi connectivity index (χ4v) is 6.25. The van der Waals surface area contributed by atoms with Gasteiger partial charge in [0.05, 0.1) is 49.3 Å². The molecule has 4 N–H and O–H groups in total. The quantitative estimate of drug-likeness (QED) is 0.0390. The standard InChI is InChI=1S/C26H33F2N6O4.C16H11FN2O2.C2H6.CH3F.Fm.H2S/c1-32-6-8-34(9-7-32)24(36)17-33(18-35)10-12-38-11-5-30-26(37)25-22(29)15-21(16-31-25)20-4-2-3-19(13-20)14-23(27)28;17-14-6-5-10(7-11(14)9-20)8-15-12-3-1-2-4-13(12)16(21)19-18-15;2*1-2;;/h2-4,13,15-16,23H,5-12,14,17,29H2,1H3,(H,30,37);1-7,9H,8H2,(H,19,21);1-2H3;1H3;;1H2/q-1;;;;;. The maximum Gasteiger partial charge on any atom is 0.272 e. The van der Waals surface area contributed by atoms with E-state index in [1.54, 1.807) is 59.8 Å². The van der Waals surface area contributed by atoms with E-state index in [4.69, 9.17) is 10.5 Å². The summed E-state index contributed by atoms with van der Waals surface area (Å²) in [6.07, 6.45) is 1.33. The predicted molar refractivity (Wildman–Crippen MR) is 244 cm³/mol. The van der Waals surface area contributed by atoms with Crippen LogP contribution in [0.1, 0.15) is 51.5 Å². The van der Waals surface area contributed by atoms with E-state index in [2.05, 4.69) is 25.4 Å². The molecule has 0 radical (unpaired) electrons. The summed E-state index contributed by atoms with van der Waals surface area (Å²) in [7, 11) is 2.50. The molecule has 14 nitrogen and oxygen atoms in total. The number of halogens is 4. The summed E-state index contributed by atoms with van der Waals surface area (Å²) in [4.78, 5) is 67.8. The minimum atomic E-state index is -2.44. The van der Waals surface area contributed by atoms with Gasteiger partial charge < -0.3 is 35.3 Å². The van der Waals surface area contributed by atoms with Crippen LogP contribution in [0.4, 0.5) is 23.2 Å². The molecule has 1 aliphatic rings. The molecule has 0 bridgehead atoms. The zero-order valence-corrected chi connectivity index (χ0v) is 39.9. The Bertz CT molecular complexity index is 2320. The van der Waals surface area contributed by atoms with E-state index in [1.807, 2.05) is 33.0 Å². The third-order valence-electron chi connectivity index (χ3n) is 9.47. The molecule has 20 heteroatoms. The summed E-state index contributed by atoms with van der Waals surface area (Å²) in [5.41, 5.74) is 9.20. The number of nitrogens with zero attached hydrogens (tertiary/aromatic N) is 5. The topological polar surface area (TPSA) is 184 Å². The first-order chi connectivity index (χ1) is 30.4. The van der Waals surface area contributed by atoms with Crippen LogP contribution in [0.5, 0.6) is 0 Å². The average Bonchev–Trinajstić information content (AvgIpc) is 3.30. The van der Waals surface area contributed by atoms with Gasteiger partial charge in [-0.3, -0.25) is 23.6 Å². The molecule has 3 amide bonds. The number of nitrogens with two attached hydrogens (primary N) is 1. The van der Waals surface area contributed by atoms with E-state index in [-0.39, 0.29) is 81.2 Å². The molecule has 5 aromatic rings. The minimum absolute atomic E-state index is 0. The van der Waals surface area contributed by atoms with Crippen molar-refractivity contribution in [3.8, 4) is 11.1 Å². The number of carbonyl (C=O) groups excluding carboxylic acids is 4. The van der Waals surface area contributed by atoms with Gasteiger partial charge in [-0.2, -0.15) is 25.0 Å². The van der Waals surface area contributed by atoms with Crippen molar-refractivity contribution in [3.05, 3.63) is 123 Å². The Hall–Kier alpha value is -7.18. The molecule has 1 saturated heterocycles. The number of H-pyrrole nitrogens is 1. The summed E-state index contributed by atoms with van der Waals surface area (Å²) in [5.74, 6) is -1.15. The SMILES string of the molecule is CC.CF.CN1CCN(C(=O)CN([C-]=O)CCOCCNC(=O)c2ncc(-c3cccc(CC(F)F)c3)cc2N)CC1.O=Cc1cc(Cc2n[nH]c(=O)c3ccccc23)ccc1F.S.[Fm]. The number of aldehydes is 1. The number of pyridine rings is 1. The number of rotatable bonds is 16. The first kappa shape index (κ1) is 55.8. The molecule has 1 aliphatic heterocycles. The van der Waals surface area contributed by atoms with E-state index in [1.165, 1.54) is 23.2 Å². The third-order valence-corrected chi connectivity index (χ3v) is 9.47. The van der Waals surface area contributed by atoms with Gasteiger partial charge in [0.1, 0.15) is 5.82 Å². The van der Waals surface area contributed by atoms with Gasteiger partial charge in [0.2, 0.25) is 12.3 Å². The molecule has 2 aromatic heterocycles. The number of aromatic amines is 1. The fourth-order valence-electron chi connectivity index (χ4n) is 6.25. The van der Waals surface area contributed by atoms with Gasteiger partial charge in [0.25, 0.3) is 11.5 Å². The van der Waals surface area contributed by atoms with Crippen LogP contribution in [-0.4, -0.2) is 134 Å². The number of amides is 3. The summed E-state index contributed by atoms with van der Waals surface area (Å²) < 4.78 is 53.7. The second-order valence-corrected chi connectivity index (χ2v) is 13.7. The van der Waals surface area contributed by atoms with Crippen molar-refractivity contribution in [2.75, 3.05) is 79.0 Å². The van der Waals surface area contributed by atoms with Crippen molar-refractivity contribution in [2.45, 2.75) is 33.1 Å². The van der Waals surface area contributed by atoms with Gasteiger partial charge in [0, 0.05) is 69.3 Å². The Morgan fingerprint density at radius 2 is 1.66 bits per heavy atom. The molecule has 0 aliphatic carbocycles. The van der Waals surface area contributed by atoms with E-state index in [9.17, 15) is 41.5 Å². The largest absolute Gasteiger partial charge is 0.520 e. The number of piperazine rings is 1. The van der Waals surface area contributed by atoms with Crippen molar-refractivity contribution in [2.24, 2.45) is 0 Å². The monoisotopic (exact) mass is 1170 g/mol. The van der Waals surface area contributed by atoms with Crippen LogP contribution in [0.3, 0.4) is 0 Å². The predicted octanol–water partition coefficient (Wildman–Crippen LogP) is 5.22.